The Morgan fingerprint density at radius 3 is 2.54 bits per heavy atom. The van der Waals surface area contributed by atoms with E-state index in [2.05, 4.69) is 0 Å². The average Bonchev–Trinajstić information content (AvgIpc) is 3.16. The summed E-state index contributed by atoms with van der Waals surface area (Å²) in [4.78, 5) is 25.6. The van der Waals surface area contributed by atoms with Gasteiger partial charge in [0, 0.05) is 12.1 Å². The number of benzene rings is 2. The Morgan fingerprint density at radius 2 is 1.89 bits per heavy atom. The molecule has 5 heteroatoms. The minimum Gasteiger partial charge on any atom is -0.444 e. The molecule has 2 unspecified atom stereocenters. The number of carbonyl (C=O) groups is 2. The zero-order chi connectivity index (χ0) is 20.3. The van der Waals surface area contributed by atoms with Crippen molar-refractivity contribution in [2.24, 2.45) is 0 Å². The van der Waals surface area contributed by atoms with Gasteiger partial charge >= 0.3 is 6.09 Å². The molecule has 2 atom stereocenters. The Labute approximate surface area is 165 Å². The van der Waals surface area contributed by atoms with Crippen LogP contribution in [0.1, 0.15) is 55.6 Å². The van der Waals surface area contributed by atoms with Crippen LogP contribution in [0.25, 0.3) is 11.1 Å². The Hall–Kier alpha value is -2.66. The number of hydrogen-bond donors (Lipinski definition) is 1. The summed E-state index contributed by atoms with van der Waals surface area (Å²) in [6, 6.07) is 14.7. The number of aldehydes is 1. The second kappa shape index (κ2) is 8.15. The lowest BCUT2D eigenvalue weighted by molar-refractivity contribution is 0.00489. The summed E-state index contributed by atoms with van der Waals surface area (Å²) in [5.41, 5.74) is 2.37. The molecule has 5 nitrogen and oxygen atoms in total. The predicted octanol–water partition coefficient (Wildman–Crippen LogP) is 4.60. The first-order chi connectivity index (χ1) is 13.3. The van der Waals surface area contributed by atoms with Gasteiger partial charge in [-0.2, -0.15) is 0 Å². The van der Waals surface area contributed by atoms with Gasteiger partial charge in [0.2, 0.25) is 0 Å². The highest BCUT2D eigenvalue weighted by Crippen LogP contribution is 2.33. The van der Waals surface area contributed by atoms with Gasteiger partial charge in [0.25, 0.3) is 0 Å². The first-order valence-corrected chi connectivity index (χ1v) is 9.62. The maximum Gasteiger partial charge on any atom is 0.410 e. The molecule has 1 heterocycles. The van der Waals surface area contributed by atoms with Gasteiger partial charge in [0.15, 0.2) is 0 Å². The summed E-state index contributed by atoms with van der Waals surface area (Å²) in [6.45, 7) is 6.03. The molecule has 0 radical (unpaired) electrons. The van der Waals surface area contributed by atoms with Gasteiger partial charge in [-0.1, -0.05) is 30.3 Å². The molecule has 0 bridgehead atoms. The van der Waals surface area contributed by atoms with Crippen LogP contribution in [0, 0.1) is 0 Å². The number of rotatable bonds is 4. The maximum atomic E-state index is 12.6. The Morgan fingerprint density at radius 1 is 1.18 bits per heavy atom. The Bertz CT molecular complexity index is 841. The van der Waals surface area contributed by atoms with Crippen LogP contribution in [0.15, 0.2) is 48.5 Å². The van der Waals surface area contributed by atoms with E-state index >= 15 is 0 Å². The number of aliphatic hydroxyl groups excluding tert-OH is 1. The van der Waals surface area contributed by atoms with Crippen molar-refractivity contribution in [3.8, 4) is 11.1 Å². The van der Waals surface area contributed by atoms with Crippen molar-refractivity contribution >= 4 is 12.4 Å². The highest BCUT2D eigenvalue weighted by molar-refractivity contribution is 5.80. The molecule has 1 N–H and O–H groups in total. The van der Waals surface area contributed by atoms with E-state index in [0.717, 1.165) is 23.8 Å². The standard InChI is InChI=1S/C23H27NO4/c1-23(2,3)28-22(27)24-11-7-10-20(24)21(26)19-13-16(15-25)12-18(14-19)17-8-5-4-6-9-17/h4-6,8-9,12-15,20-21,26H,7,10-11H2,1-3H3. The fraction of sp³-hybridized carbons (Fsp3) is 0.391. The van der Waals surface area contributed by atoms with Gasteiger partial charge in [-0.05, 0) is 68.5 Å². The van der Waals surface area contributed by atoms with E-state index in [-0.39, 0.29) is 6.04 Å². The summed E-state index contributed by atoms with van der Waals surface area (Å²) in [6.07, 6.45) is 0.969. The van der Waals surface area contributed by atoms with Crippen molar-refractivity contribution in [3.05, 3.63) is 59.7 Å². The van der Waals surface area contributed by atoms with E-state index in [1.165, 1.54) is 0 Å². The minimum absolute atomic E-state index is 0.375. The fourth-order valence-corrected chi connectivity index (χ4v) is 3.60. The summed E-state index contributed by atoms with van der Waals surface area (Å²) in [5, 5.41) is 11.1. The van der Waals surface area contributed by atoms with Gasteiger partial charge in [0.1, 0.15) is 11.9 Å². The Kier molecular flexibility index (Phi) is 5.84. The SMILES string of the molecule is CC(C)(C)OC(=O)N1CCCC1C(O)c1cc(C=O)cc(-c2ccccc2)c1. The first-order valence-electron chi connectivity index (χ1n) is 9.62. The molecule has 0 spiro atoms. The van der Waals surface area contributed by atoms with E-state index in [1.807, 2.05) is 57.2 Å². The second-order valence-corrected chi connectivity index (χ2v) is 8.20. The van der Waals surface area contributed by atoms with Crippen LogP contribution in [0.5, 0.6) is 0 Å². The molecule has 1 fully saturated rings. The number of hydrogen-bond acceptors (Lipinski definition) is 4. The monoisotopic (exact) mass is 381 g/mol. The third kappa shape index (κ3) is 4.60. The van der Waals surface area contributed by atoms with Gasteiger partial charge < -0.3 is 14.7 Å². The summed E-state index contributed by atoms with van der Waals surface area (Å²) in [5.74, 6) is 0. The number of aliphatic hydroxyl groups is 1. The third-order valence-electron chi connectivity index (χ3n) is 4.85. The molecule has 148 valence electrons. The molecule has 1 aliphatic heterocycles. The third-order valence-corrected chi connectivity index (χ3v) is 4.85. The predicted molar refractivity (Wildman–Crippen MR) is 108 cm³/mol. The highest BCUT2D eigenvalue weighted by Gasteiger charge is 2.37. The van der Waals surface area contributed by atoms with Crippen LogP contribution in [0.3, 0.4) is 0 Å². The van der Waals surface area contributed by atoms with E-state index in [9.17, 15) is 14.7 Å². The van der Waals surface area contributed by atoms with Crippen molar-refractivity contribution in [1.29, 1.82) is 0 Å². The Balaban J connectivity index is 1.90. The number of amides is 1. The highest BCUT2D eigenvalue weighted by atomic mass is 16.6. The van der Waals surface area contributed by atoms with E-state index in [0.29, 0.717) is 24.1 Å². The number of ether oxygens (including phenoxy) is 1. The van der Waals surface area contributed by atoms with Crippen LogP contribution in [0.4, 0.5) is 4.79 Å². The molecule has 0 aliphatic carbocycles. The lowest BCUT2D eigenvalue weighted by Crippen LogP contribution is -2.42. The van der Waals surface area contributed by atoms with Gasteiger partial charge in [-0.25, -0.2) is 4.79 Å². The van der Waals surface area contributed by atoms with Crippen molar-refractivity contribution in [1.82, 2.24) is 4.90 Å². The molecular formula is C23H27NO4. The topological polar surface area (TPSA) is 66.8 Å². The molecule has 28 heavy (non-hydrogen) atoms. The van der Waals surface area contributed by atoms with Crippen LogP contribution in [0.2, 0.25) is 0 Å². The first kappa shape index (κ1) is 20.1. The van der Waals surface area contributed by atoms with E-state index in [4.69, 9.17) is 4.74 Å². The largest absolute Gasteiger partial charge is 0.444 e. The lowest BCUT2D eigenvalue weighted by atomic mass is 9.94. The molecule has 2 aromatic rings. The molecule has 0 aromatic heterocycles. The molecule has 1 aliphatic rings. The molecule has 2 aromatic carbocycles. The lowest BCUT2D eigenvalue weighted by Gasteiger charge is -2.31. The van der Waals surface area contributed by atoms with Gasteiger partial charge in [-0.15, -0.1) is 0 Å². The summed E-state index contributed by atoms with van der Waals surface area (Å²) >= 11 is 0. The zero-order valence-corrected chi connectivity index (χ0v) is 16.6. The summed E-state index contributed by atoms with van der Waals surface area (Å²) < 4.78 is 5.50. The van der Waals surface area contributed by atoms with Gasteiger partial charge in [0.05, 0.1) is 12.1 Å². The molecule has 0 saturated carbocycles. The number of nitrogens with zero attached hydrogens (tertiary/aromatic N) is 1. The number of likely N-dealkylation sites (tertiary alicyclic amines) is 1. The van der Waals surface area contributed by atoms with Crippen molar-refractivity contribution in [2.75, 3.05) is 6.54 Å². The molecular weight excluding hydrogens is 354 g/mol. The minimum atomic E-state index is -0.891. The van der Waals surface area contributed by atoms with Crippen LogP contribution < -0.4 is 0 Å². The van der Waals surface area contributed by atoms with Crippen LogP contribution in [-0.4, -0.2) is 40.6 Å². The zero-order valence-electron chi connectivity index (χ0n) is 16.6. The smallest absolute Gasteiger partial charge is 0.410 e. The van der Waals surface area contributed by atoms with E-state index in [1.54, 1.807) is 17.0 Å². The van der Waals surface area contributed by atoms with Crippen LogP contribution >= 0.6 is 0 Å². The van der Waals surface area contributed by atoms with Crippen LogP contribution in [-0.2, 0) is 4.74 Å². The van der Waals surface area contributed by atoms with Crippen molar-refractivity contribution in [2.45, 2.75) is 51.4 Å². The molecule has 1 saturated heterocycles. The number of carbonyl (C=O) groups excluding carboxylic acids is 2. The van der Waals surface area contributed by atoms with Crippen molar-refractivity contribution < 1.29 is 19.4 Å². The maximum absolute atomic E-state index is 12.6. The average molecular weight is 381 g/mol. The normalized spacial score (nSPS) is 18.0. The van der Waals surface area contributed by atoms with Gasteiger partial charge in [-0.3, -0.25) is 4.79 Å². The fourth-order valence-electron chi connectivity index (χ4n) is 3.60. The van der Waals surface area contributed by atoms with Crippen molar-refractivity contribution in [3.63, 3.8) is 0 Å². The van der Waals surface area contributed by atoms with E-state index < -0.39 is 17.8 Å². The quantitative estimate of drug-likeness (QED) is 0.786. The molecule has 3 rings (SSSR count). The summed E-state index contributed by atoms with van der Waals surface area (Å²) in [7, 11) is 0. The second-order valence-electron chi connectivity index (χ2n) is 8.20. The molecule has 1 amide bonds.